The second kappa shape index (κ2) is 8.48. The van der Waals surface area contributed by atoms with E-state index in [1.165, 1.54) is 6.42 Å². The Labute approximate surface area is 111 Å². The van der Waals surface area contributed by atoms with Gasteiger partial charge in [-0.3, -0.25) is 9.69 Å². The van der Waals surface area contributed by atoms with Crippen molar-refractivity contribution in [2.45, 2.75) is 58.6 Å². The van der Waals surface area contributed by atoms with Crippen molar-refractivity contribution in [3.63, 3.8) is 0 Å². The van der Waals surface area contributed by atoms with Crippen molar-refractivity contribution in [3.05, 3.63) is 0 Å². The molecule has 0 bridgehead atoms. The largest absolute Gasteiger partial charge is 0.378 e. The first-order chi connectivity index (χ1) is 8.67. The summed E-state index contributed by atoms with van der Waals surface area (Å²) >= 11 is 0. The first-order valence-electron chi connectivity index (χ1n) is 7.29. The molecule has 0 aromatic heterocycles. The zero-order valence-electron chi connectivity index (χ0n) is 12.1. The summed E-state index contributed by atoms with van der Waals surface area (Å²) in [4.78, 5) is 14.1. The molecule has 4 heteroatoms. The number of hydrogen-bond donors (Lipinski definition) is 1. The lowest BCUT2D eigenvalue weighted by Gasteiger charge is -2.27. The second-order valence-electron chi connectivity index (χ2n) is 5.07. The van der Waals surface area contributed by atoms with E-state index in [0.29, 0.717) is 12.5 Å². The molecule has 1 saturated heterocycles. The van der Waals surface area contributed by atoms with Gasteiger partial charge in [0.15, 0.2) is 0 Å². The molecule has 1 heterocycles. The average molecular weight is 256 g/mol. The van der Waals surface area contributed by atoms with Crippen LogP contribution in [0.4, 0.5) is 0 Å². The Balaban J connectivity index is 2.19. The van der Waals surface area contributed by atoms with Gasteiger partial charge in [-0.2, -0.15) is 0 Å². The number of hydrogen-bond acceptors (Lipinski definition) is 3. The van der Waals surface area contributed by atoms with E-state index in [9.17, 15) is 4.79 Å². The molecule has 1 rings (SSSR count). The lowest BCUT2D eigenvalue weighted by atomic mass is 10.1. The van der Waals surface area contributed by atoms with Crippen molar-refractivity contribution in [3.8, 4) is 0 Å². The summed E-state index contributed by atoms with van der Waals surface area (Å²) in [6, 6.07) is 0.399. The van der Waals surface area contributed by atoms with Crippen molar-refractivity contribution < 1.29 is 9.53 Å². The quantitative estimate of drug-likeness (QED) is 0.755. The number of carbonyl (C=O) groups excluding carboxylic acids is 1. The number of amides is 1. The minimum atomic E-state index is 0.126. The van der Waals surface area contributed by atoms with Crippen LogP contribution in [0.3, 0.4) is 0 Å². The van der Waals surface area contributed by atoms with Gasteiger partial charge in [0.1, 0.15) is 0 Å². The molecule has 2 unspecified atom stereocenters. The number of rotatable bonds is 7. The van der Waals surface area contributed by atoms with Crippen LogP contribution in [-0.4, -0.2) is 49.2 Å². The van der Waals surface area contributed by atoms with Gasteiger partial charge in [0.2, 0.25) is 5.91 Å². The Morgan fingerprint density at radius 3 is 2.67 bits per heavy atom. The van der Waals surface area contributed by atoms with Crippen LogP contribution in [0.15, 0.2) is 0 Å². The summed E-state index contributed by atoms with van der Waals surface area (Å²) in [5.74, 6) is 0.126. The fraction of sp³-hybridized carbons (Fsp3) is 0.929. The fourth-order valence-corrected chi connectivity index (χ4v) is 2.48. The standard InChI is InChI=1S/C14H28N2O2/c1-4-16(5-2)12(3)11-15-14(17)10-13-8-6-7-9-18-13/h12-13H,4-11H2,1-3H3,(H,15,17). The van der Waals surface area contributed by atoms with Crippen LogP contribution in [0.5, 0.6) is 0 Å². The highest BCUT2D eigenvalue weighted by Crippen LogP contribution is 2.15. The van der Waals surface area contributed by atoms with Gasteiger partial charge in [-0.25, -0.2) is 0 Å². The maximum absolute atomic E-state index is 11.8. The Kier molecular flexibility index (Phi) is 7.28. The minimum absolute atomic E-state index is 0.126. The normalized spacial score (nSPS) is 21.9. The monoisotopic (exact) mass is 256 g/mol. The zero-order chi connectivity index (χ0) is 13.4. The Hall–Kier alpha value is -0.610. The summed E-state index contributed by atoms with van der Waals surface area (Å²) in [6.45, 7) is 10.1. The molecule has 106 valence electrons. The maximum Gasteiger partial charge on any atom is 0.222 e. The minimum Gasteiger partial charge on any atom is -0.378 e. The van der Waals surface area contributed by atoms with Gasteiger partial charge in [0.05, 0.1) is 12.5 Å². The van der Waals surface area contributed by atoms with E-state index in [-0.39, 0.29) is 12.0 Å². The van der Waals surface area contributed by atoms with Gasteiger partial charge in [-0.05, 0) is 39.3 Å². The van der Waals surface area contributed by atoms with E-state index >= 15 is 0 Å². The molecule has 0 aliphatic carbocycles. The number of ether oxygens (including phenoxy) is 1. The van der Waals surface area contributed by atoms with Gasteiger partial charge in [-0.1, -0.05) is 13.8 Å². The topological polar surface area (TPSA) is 41.6 Å². The second-order valence-corrected chi connectivity index (χ2v) is 5.07. The molecular weight excluding hydrogens is 228 g/mol. The molecule has 1 N–H and O–H groups in total. The van der Waals surface area contributed by atoms with Gasteiger partial charge < -0.3 is 10.1 Å². The summed E-state index contributed by atoms with van der Waals surface area (Å²) in [5, 5.41) is 3.02. The molecule has 4 nitrogen and oxygen atoms in total. The summed E-state index contributed by atoms with van der Waals surface area (Å²) < 4.78 is 5.57. The molecule has 18 heavy (non-hydrogen) atoms. The lowest BCUT2D eigenvalue weighted by Crippen LogP contribution is -2.42. The van der Waals surface area contributed by atoms with Crippen LogP contribution in [0.1, 0.15) is 46.5 Å². The van der Waals surface area contributed by atoms with Gasteiger partial charge in [0, 0.05) is 19.2 Å². The number of nitrogens with zero attached hydrogens (tertiary/aromatic N) is 1. The molecular formula is C14H28N2O2. The molecule has 0 aromatic rings. The van der Waals surface area contributed by atoms with Gasteiger partial charge in [-0.15, -0.1) is 0 Å². The molecule has 1 aliphatic rings. The van der Waals surface area contributed by atoms with Crippen LogP contribution in [0, 0.1) is 0 Å². The molecule has 1 fully saturated rings. The van der Waals surface area contributed by atoms with Crippen LogP contribution in [0.2, 0.25) is 0 Å². The molecule has 0 saturated carbocycles. The summed E-state index contributed by atoms with van der Waals surface area (Å²) in [5.41, 5.74) is 0. The molecule has 1 aliphatic heterocycles. The van der Waals surface area contributed by atoms with Crippen molar-refractivity contribution in [1.29, 1.82) is 0 Å². The lowest BCUT2D eigenvalue weighted by molar-refractivity contribution is -0.125. The summed E-state index contributed by atoms with van der Waals surface area (Å²) in [6.07, 6.45) is 4.01. The predicted octanol–water partition coefficient (Wildman–Crippen LogP) is 1.79. The third-order valence-corrected chi connectivity index (χ3v) is 3.72. The van der Waals surface area contributed by atoms with Crippen molar-refractivity contribution in [2.75, 3.05) is 26.2 Å². The first kappa shape index (κ1) is 15.4. The molecule has 0 spiro atoms. The van der Waals surface area contributed by atoms with Crippen molar-refractivity contribution >= 4 is 5.91 Å². The zero-order valence-corrected chi connectivity index (χ0v) is 12.1. The van der Waals surface area contributed by atoms with E-state index in [0.717, 1.165) is 39.1 Å². The van der Waals surface area contributed by atoms with Gasteiger partial charge >= 0.3 is 0 Å². The smallest absolute Gasteiger partial charge is 0.222 e. The maximum atomic E-state index is 11.8. The SMILES string of the molecule is CCN(CC)C(C)CNC(=O)CC1CCCCO1. The predicted molar refractivity (Wildman–Crippen MR) is 73.6 cm³/mol. The number of carbonyl (C=O) groups is 1. The van der Waals surface area contributed by atoms with Crippen LogP contribution >= 0.6 is 0 Å². The Morgan fingerprint density at radius 1 is 1.39 bits per heavy atom. The van der Waals surface area contributed by atoms with E-state index < -0.39 is 0 Å². The van der Waals surface area contributed by atoms with Gasteiger partial charge in [0.25, 0.3) is 0 Å². The Bertz CT molecular complexity index is 236. The van der Waals surface area contributed by atoms with E-state index in [1.54, 1.807) is 0 Å². The highest BCUT2D eigenvalue weighted by atomic mass is 16.5. The van der Waals surface area contributed by atoms with Crippen LogP contribution < -0.4 is 5.32 Å². The average Bonchev–Trinajstić information content (AvgIpc) is 2.39. The Morgan fingerprint density at radius 2 is 2.11 bits per heavy atom. The molecule has 0 aromatic carbocycles. The third kappa shape index (κ3) is 5.36. The van der Waals surface area contributed by atoms with Crippen molar-refractivity contribution in [2.24, 2.45) is 0 Å². The van der Waals surface area contributed by atoms with E-state index in [4.69, 9.17) is 4.74 Å². The van der Waals surface area contributed by atoms with Crippen molar-refractivity contribution in [1.82, 2.24) is 10.2 Å². The highest BCUT2D eigenvalue weighted by Gasteiger charge is 2.18. The number of likely N-dealkylation sites (N-methyl/N-ethyl adjacent to an activating group) is 1. The molecule has 2 atom stereocenters. The summed E-state index contributed by atoms with van der Waals surface area (Å²) in [7, 11) is 0. The van der Waals surface area contributed by atoms with Crippen LogP contribution in [0.25, 0.3) is 0 Å². The van der Waals surface area contributed by atoms with Crippen LogP contribution in [-0.2, 0) is 9.53 Å². The third-order valence-electron chi connectivity index (χ3n) is 3.72. The molecule has 1 amide bonds. The fourth-order valence-electron chi connectivity index (χ4n) is 2.48. The highest BCUT2D eigenvalue weighted by molar-refractivity contribution is 5.76. The first-order valence-corrected chi connectivity index (χ1v) is 7.29. The van der Waals surface area contributed by atoms with E-state index in [2.05, 4.69) is 31.0 Å². The van der Waals surface area contributed by atoms with E-state index in [1.807, 2.05) is 0 Å². The number of nitrogens with one attached hydrogen (secondary N) is 1. The molecule has 0 radical (unpaired) electrons.